The molecule has 31 heavy (non-hydrogen) atoms. The number of nitrogens with one attached hydrogen (secondary N) is 1. The van der Waals surface area contributed by atoms with Gasteiger partial charge < -0.3 is 19.7 Å². The maximum Gasteiger partial charge on any atom is 0.266 e. The van der Waals surface area contributed by atoms with Crippen molar-refractivity contribution in [3.05, 3.63) is 56.0 Å². The number of aliphatic hydroxyl groups excluding tert-OH is 1. The van der Waals surface area contributed by atoms with E-state index in [9.17, 15) is 14.7 Å². The van der Waals surface area contributed by atoms with Gasteiger partial charge in [-0.25, -0.2) is 9.67 Å². The molecule has 0 aliphatic carbocycles. The Bertz CT molecular complexity index is 1260. The molecule has 3 aromatic rings. The first-order valence-corrected chi connectivity index (χ1v) is 10.6. The minimum Gasteiger partial charge on any atom is -0.490 e. The molecule has 0 spiro atoms. The fourth-order valence-corrected chi connectivity index (χ4v) is 4.20. The summed E-state index contributed by atoms with van der Waals surface area (Å²) >= 11 is 1.21. The molecule has 0 bridgehead atoms. The second-order valence-corrected chi connectivity index (χ2v) is 8.71. The third-order valence-electron chi connectivity index (χ3n) is 5.15. The summed E-state index contributed by atoms with van der Waals surface area (Å²) in [6, 6.07) is 5.68. The van der Waals surface area contributed by atoms with E-state index in [2.05, 4.69) is 20.0 Å². The molecule has 1 aliphatic heterocycles. The highest BCUT2D eigenvalue weighted by molar-refractivity contribution is 7.07. The molecule has 2 N–H and O–H groups in total. The van der Waals surface area contributed by atoms with E-state index in [-0.39, 0.29) is 17.9 Å². The molecule has 0 unspecified atom stereocenters. The minimum absolute atomic E-state index is 0.0517. The number of ether oxygens (including phenoxy) is 1. The molecule has 0 fully saturated rings. The zero-order valence-electron chi connectivity index (χ0n) is 17.2. The van der Waals surface area contributed by atoms with E-state index in [1.165, 1.54) is 34.7 Å². The molecule has 10 heteroatoms. The number of rotatable bonds is 6. The standard InChI is InChI=1S/C21H23N5O4S/c1-21(2,26-13-22-12-23-26)18(28)11-19-24-20(29)17(31-19)10-14-3-4-16-15(9-14)25(5-7-27)6-8-30-16/h3-4,9-13,27H,5-8H2,1-2H3,(H,24,29)/b17-10-,19-11+. The zero-order valence-corrected chi connectivity index (χ0v) is 18.1. The van der Waals surface area contributed by atoms with Gasteiger partial charge in [0.05, 0.1) is 28.0 Å². The summed E-state index contributed by atoms with van der Waals surface area (Å²) in [6.07, 6.45) is 6.07. The van der Waals surface area contributed by atoms with Gasteiger partial charge >= 0.3 is 0 Å². The molecule has 0 atom stereocenters. The Balaban J connectivity index is 1.67. The van der Waals surface area contributed by atoms with Gasteiger partial charge in [-0.2, -0.15) is 5.10 Å². The lowest BCUT2D eigenvalue weighted by Crippen LogP contribution is -2.36. The van der Waals surface area contributed by atoms with Crippen molar-refractivity contribution < 1.29 is 14.6 Å². The molecule has 0 saturated carbocycles. The Morgan fingerprint density at radius 1 is 1.42 bits per heavy atom. The second-order valence-electron chi connectivity index (χ2n) is 7.62. The number of benzene rings is 1. The first kappa shape index (κ1) is 21.0. The lowest BCUT2D eigenvalue weighted by molar-refractivity contribution is -0.120. The summed E-state index contributed by atoms with van der Waals surface area (Å²) in [7, 11) is 0. The van der Waals surface area contributed by atoms with Crippen LogP contribution in [0.25, 0.3) is 12.2 Å². The molecule has 0 amide bonds. The Kier molecular flexibility index (Phi) is 5.75. The van der Waals surface area contributed by atoms with Gasteiger partial charge in [0, 0.05) is 12.6 Å². The van der Waals surface area contributed by atoms with Crippen molar-refractivity contribution in [2.24, 2.45) is 0 Å². The largest absolute Gasteiger partial charge is 0.490 e. The van der Waals surface area contributed by atoms with E-state index in [0.29, 0.717) is 28.9 Å². The van der Waals surface area contributed by atoms with Crippen molar-refractivity contribution in [2.75, 3.05) is 31.2 Å². The van der Waals surface area contributed by atoms with Crippen LogP contribution in [0.4, 0.5) is 5.69 Å². The lowest BCUT2D eigenvalue weighted by Gasteiger charge is -2.30. The summed E-state index contributed by atoms with van der Waals surface area (Å²) in [5, 5.41) is 13.3. The number of carbonyl (C=O) groups is 1. The zero-order chi connectivity index (χ0) is 22.0. The normalized spacial score (nSPS) is 15.1. The van der Waals surface area contributed by atoms with Crippen molar-refractivity contribution in [1.82, 2.24) is 19.7 Å². The van der Waals surface area contributed by atoms with Gasteiger partial charge in [0.2, 0.25) is 0 Å². The number of thiazole rings is 1. The van der Waals surface area contributed by atoms with Crippen LogP contribution in [-0.2, 0) is 10.3 Å². The smallest absolute Gasteiger partial charge is 0.266 e. The van der Waals surface area contributed by atoms with E-state index in [4.69, 9.17) is 4.74 Å². The van der Waals surface area contributed by atoms with Crippen LogP contribution in [0.1, 0.15) is 19.4 Å². The number of hydrogen-bond acceptors (Lipinski definition) is 8. The molecular weight excluding hydrogens is 418 g/mol. The van der Waals surface area contributed by atoms with Crippen molar-refractivity contribution >= 4 is 35.0 Å². The van der Waals surface area contributed by atoms with Crippen LogP contribution < -0.4 is 24.4 Å². The predicted octanol–water partition coefficient (Wildman–Crippen LogP) is -0.167. The molecule has 162 valence electrons. The number of H-pyrrole nitrogens is 1. The van der Waals surface area contributed by atoms with E-state index >= 15 is 0 Å². The summed E-state index contributed by atoms with van der Waals surface area (Å²) in [5.41, 5.74) is 0.540. The van der Waals surface area contributed by atoms with Crippen LogP contribution in [0.3, 0.4) is 0 Å². The fraction of sp³-hybridized carbons (Fsp3) is 0.333. The minimum atomic E-state index is -0.921. The lowest BCUT2D eigenvalue weighted by atomic mass is 10.00. The predicted molar refractivity (Wildman–Crippen MR) is 118 cm³/mol. The maximum atomic E-state index is 12.8. The highest BCUT2D eigenvalue weighted by atomic mass is 32.1. The second kappa shape index (κ2) is 8.48. The van der Waals surface area contributed by atoms with Gasteiger partial charge in [-0.15, -0.1) is 11.3 Å². The molecule has 0 radical (unpaired) electrons. The number of anilines is 1. The number of aromatic nitrogens is 4. The summed E-state index contributed by atoms with van der Waals surface area (Å²) in [6.45, 7) is 5.32. The van der Waals surface area contributed by atoms with Crippen molar-refractivity contribution in [1.29, 1.82) is 0 Å². The maximum absolute atomic E-state index is 12.8. The number of nitrogens with zero attached hydrogens (tertiary/aromatic N) is 4. The molecule has 2 aromatic heterocycles. The Hall–Kier alpha value is -3.24. The third-order valence-corrected chi connectivity index (χ3v) is 6.11. The van der Waals surface area contributed by atoms with E-state index in [1.54, 1.807) is 19.9 Å². The highest BCUT2D eigenvalue weighted by Crippen LogP contribution is 2.32. The van der Waals surface area contributed by atoms with Gasteiger partial charge in [0.1, 0.15) is 30.5 Å². The van der Waals surface area contributed by atoms with Crippen molar-refractivity contribution in [3.63, 3.8) is 0 Å². The third kappa shape index (κ3) is 4.30. The average molecular weight is 442 g/mol. The van der Waals surface area contributed by atoms with Gasteiger partial charge in [0.15, 0.2) is 5.78 Å². The quantitative estimate of drug-likeness (QED) is 0.546. The monoisotopic (exact) mass is 441 g/mol. The Morgan fingerprint density at radius 2 is 2.26 bits per heavy atom. The van der Waals surface area contributed by atoms with Gasteiger partial charge in [-0.3, -0.25) is 9.59 Å². The van der Waals surface area contributed by atoms with Gasteiger partial charge in [-0.1, -0.05) is 6.07 Å². The van der Waals surface area contributed by atoms with Crippen molar-refractivity contribution in [2.45, 2.75) is 19.4 Å². The summed E-state index contributed by atoms with van der Waals surface area (Å²) < 4.78 is 8.13. The number of β-amino-alcohol motifs (C(OH)–C–C–N with tert-alkyl or cyclic N) is 1. The molecule has 0 saturated heterocycles. The molecular formula is C21H23N5O4S. The van der Waals surface area contributed by atoms with Crippen LogP contribution in [0, 0.1) is 0 Å². The van der Waals surface area contributed by atoms with E-state index < -0.39 is 5.54 Å². The van der Waals surface area contributed by atoms with Crippen LogP contribution in [0.2, 0.25) is 0 Å². The van der Waals surface area contributed by atoms with Crippen molar-refractivity contribution in [3.8, 4) is 5.75 Å². The first-order chi connectivity index (χ1) is 14.9. The summed E-state index contributed by atoms with van der Waals surface area (Å²) in [5.74, 6) is 0.555. The van der Waals surface area contributed by atoms with Gasteiger partial charge in [-0.05, 0) is 37.6 Å². The van der Waals surface area contributed by atoms with Crippen LogP contribution in [0.5, 0.6) is 5.75 Å². The number of ketones is 1. The number of fused-ring (bicyclic) bond motifs is 1. The number of Topliss-reactive ketones (excluding diaryl/α,β-unsaturated/α-hetero) is 1. The molecule has 3 heterocycles. The Labute approximate surface area is 181 Å². The number of aromatic amines is 1. The molecule has 4 rings (SSSR count). The van der Waals surface area contributed by atoms with E-state index in [0.717, 1.165) is 17.0 Å². The fourth-order valence-electron chi connectivity index (χ4n) is 3.31. The topological polar surface area (TPSA) is 113 Å². The molecule has 1 aliphatic rings. The van der Waals surface area contributed by atoms with Crippen LogP contribution >= 0.6 is 11.3 Å². The van der Waals surface area contributed by atoms with Crippen LogP contribution in [0.15, 0.2) is 35.6 Å². The Morgan fingerprint density at radius 3 is 3.00 bits per heavy atom. The highest BCUT2D eigenvalue weighted by Gasteiger charge is 2.28. The van der Waals surface area contributed by atoms with Crippen LogP contribution in [-0.4, -0.2) is 56.9 Å². The first-order valence-electron chi connectivity index (χ1n) is 9.83. The SMILES string of the molecule is CC(C)(C(=O)/C=c1\[nH]c(=O)/c(=C/c2ccc3c(c2)N(CCO)CCO3)s1)n1cncn1. The molecule has 1 aromatic carbocycles. The number of carbonyl (C=O) groups excluding carboxylic acids is 1. The number of aliphatic hydroxyl groups is 1. The average Bonchev–Trinajstić information content (AvgIpc) is 3.39. The molecule has 9 nitrogen and oxygen atoms in total. The van der Waals surface area contributed by atoms with E-state index in [1.807, 2.05) is 18.2 Å². The van der Waals surface area contributed by atoms with Gasteiger partial charge in [0.25, 0.3) is 5.56 Å². The number of hydrogen-bond donors (Lipinski definition) is 2. The summed E-state index contributed by atoms with van der Waals surface area (Å²) in [4.78, 5) is 33.9.